The summed E-state index contributed by atoms with van der Waals surface area (Å²) in [5.74, 6) is 0. The second-order valence-corrected chi connectivity index (χ2v) is 3.45. The van der Waals surface area contributed by atoms with Gasteiger partial charge in [-0.3, -0.25) is 0 Å². The summed E-state index contributed by atoms with van der Waals surface area (Å²) in [6, 6.07) is 0. The normalized spacial score (nSPS) is 43.2. The average molecular weight is 195 g/mol. The Morgan fingerprint density at radius 1 is 1.62 bits per heavy atom. The van der Waals surface area contributed by atoms with Crippen LogP contribution in [0.15, 0.2) is 0 Å². The molecule has 1 heterocycles. The van der Waals surface area contributed by atoms with Crippen molar-refractivity contribution in [2.24, 2.45) is 0 Å². The zero-order valence-corrected chi connectivity index (χ0v) is 7.50. The van der Waals surface area contributed by atoms with E-state index in [1.54, 1.807) is 0 Å². The van der Waals surface area contributed by atoms with Crippen LogP contribution in [0.5, 0.6) is 0 Å². The Balaban J connectivity index is 2.74. The maximum absolute atomic E-state index is 13.8. The van der Waals surface area contributed by atoms with Gasteiger partial charge in [0.2, 0.25) is 0 Å². The molecule has 0 radical (unpaired) electrons. The highest BCUT2D eigenvalue weighted by molar-refractivity contribution is 5.02. The van der Waals surface area contributed by atoms with Crippen LogP contribution in [-0.2, 0) is 0 Å². The minimum absolute atomic E-state index is 0.0119. The van der Waals surface area contributed by atoms with Gasteiger partial charge in [0.25, 0.3) is 0 Å². The Bertz CT molecular complexity index is 182. The SMILES string of the molecule is CC[C@H](F)[C@@]1(F)CNC[C@@H](O)[C@@H]1O. The molecular formula is C8H15F2NO2. The minimum Gasteiger partial charge on any atom is -0.389 e. The van der Waals surface area contributed by atoms with E-state index in [9.17, 15) is 13.9 Å². The van der Waals surface area contributed by atoms with E-state index in [0.29, 0.717) is 0 Å². The van der Waals surface area contributed by atoms with Crippen LogP contribution in [0.3, 0.4) is 0 Å². The first-order valence-corrected chi connectivity index (χ1v) is 4.42. The molecule has 0 aliphatic carbocycles. The van der Waals surface area contributed by atoms with Crippen molar-refractivity contribution in [2.45, 2.75) is 37.4 Å². The molecule has 78 valence electrons. The third-order valence-electron chi connectivity index (χ3n) is 2.48. The van der Waals surface area contributed by atoms with Gasteiger partial charge in [0.1, 0.15) is 12.3 Å². The third-order valence-corrected chi connectivity index (χ3v) is 2.48. The van der Waals surface area contributed by atoms with E-state index in [-0.39, 0.29) is 19.5 Å². The van der Waals surface area contributed by atoms with Crippen molar-refractivity contribution in [3.8, 4) is 0 Å². The van der Waals surface area contributed by atoms with Gasteiger partial charge >= 0.3 is 0 Å². The lowest BCUT2D eigenvalue weighted by molar-refractivity contribution is -0.130. The predicted molar refractivity (Wildman–Crippen MR) is 43.9 cm³/mol. The molecule has 0 aromatic carbocycles. The van der Waals surface area contributed by atoms with E-state index in [1.807, 2.05) is 0 Å². The van der Waals surface area contributed by atoms with Crippen LogP contribution in [-0.4, -0.2) is 47.4 Å². The monoisotopic (exact) mass is 195 g/mol. The molecule has 1 rings (SSSR count). The summed E-state index contributed by atoms with van der Waals surface area (Å²) in [5, 5.41) is 21.0. The lowest BCUT2D eigenvalue weighted by Gasteiger charge is -2.39. The predicted octanol–water partition coefficient (Wildman–Crippen LogP) is -0.232. The van der Waals surface area contributed by atoms with Gasteiger partial charge in [0, 0.05) is 13.1 Å². The van der Waals surface area contributed by atoms with Gasteiger partial charge in [-0.25, -0.2) is 8.78 Å². The van der Waals surface area contributed by atoms with E-state index in [0.717, 1.165) is 0 Å². The smallest absolute Gasteiger partial charge is 0.182 e. The highest BCUT2D eigenvalue weighted by atomic mass is 19.2. The van der Waals surface area contributed by atoms with Crippen LogP contribution >= 0.6 is 0 Å². The summed E-state index contributed by atoms with van der Waals surface area (Å²) in [4.78, 5) is 0. The van der Waals surface area contributed by atoms with Crippen molar-refractivity contribution in [1.82, 2.24) is 5.32 Å². The molecule has 1 saturated heterocycles. The summed E-state index contributed by atoms with van der Waals surface area (Å²) in [6.45, 7) is 1.35. The maximum atomic E-state index is 13.8. The maximum Gasteiger partial charge on any atom is 0.182 e. The molecule has 3 N–H and O–H groups in total. The second-order valence-electron chi connectivity index (χ2n) is 3.45. The van der Waals surface area contributed by atoms with Crippen molar-refractivity contribution < 1.29 is 19.0 Å². The van der Waals surface area contributed by atoms with Gasteiger partial charge in [-0.1, -0.05) is 6.92 Å². The Labute approximate surface area is 75.8 Å². The van der Waals surface area contributed by atoms with Crippen molar-refractivity contribution in [3.63, 3.8) is 0 Å². The first-order valence-electron chi connectivity index (χ1n) is 4.42. The van der Waals surface area contributed by atoms with Crippen LogP contribution in [0.2, 0.25) is 0 Å². The lowest BCUT2D eigenvalue weighted by Crippen LogP contribution is -2.64. The van der Waals surface area contributed by atoms with E-state index in [2.05, 4.69) is 5.32 Å². The van der Waals surface area contributed by atoms with Crippen molar-refractivity contribution in [2.75, 3.05) is 13.1 Å². The Hall–Kier alpha value is -0.260. The third kappa shape index (κ3) is 1.82. The van der Waals surface area contributed by atoms with Crippen molar-refractivity contribution in [1.29, 1.82) is 0 Å². The first kappa shape index (κ1) is 10.8. The molecular weight excluding hydrogens is 180 g/mol. The van der Waals surface area contributed by atoms with E-state index in [4.69, 9.17) is 5.11 Å². The fraction of sp³-hybridized carbons (Fsp3) is 1.00. The van der Waals surface area contributed by atoms with E-state index >= 15 is 0 Å². The van der Waals surface area contributed by atoms with Crippen molar-refractivity contribution >= 4 is 0 Å². The second kappa shape index (κ2) is 3.86. The number of piperidine rings is 1. The first-order chi connectivity index (χ1) is 6.02. The van der Waals surface area contributed by atoms with Crippen LogP contribution < -0.4 is 5.32 Å². The molecule has 1 fully saturated rings. The zero-order valence-electron chi connectivity index (χ0n) is 7.50. The molecule has 0 amide bonds. The molecule has 0 aromatic rings. The fourth-order valence-corrected chi connectivity index (χ4v) is 1.58. The van der Waals surface area contributed by atoms with Gasteiger partial charge < -0.3 is 15.5 Å². The van der Waals surface area contributed by atoms with E-state index < -0.39 is 24.0 Å². The van der Waals surface area contributed by atoms with Gasteiger partial charge in [0.15, 0.2) is 5.67 Å². The lowest BCUT2D eigenvalue weighted by atomic mass is 9.85. The largest absolute Gasteiger partial charge is 0.389 e. The van der Waals surface area contributed by atoms with Crippen LogP contribution in [0.4, 0.5) is 8.78 Å². The number of alkyl halides is 2. The Kier molecular flexibility index (Phi) is 3.21. The van der Waals surface area contributed by atoms with Gasteiger partial charge in [-0.2, -0.15) is 0 Å². The number of halogens is 2. The minimum atomic E-state index is -2.35. The highest BCUT2D eigenvalue weighted by Crippen LogP contribution is 2.29. The fourth-order valence-electron chi connectivity index (χ4n) is 1.58. The molecule has 0 unspecified atom stereocenters. The Morgan fingerprint density at radius 2 is 2.23 bits per heavy atom. The number of aliphatic hydroxyl groups excluding tert-OH is 2. The number of hydrogen-bond donors (Lipinski definition) is 3. The molecule has 0 spiro atoms. The van der Waals surface area contributed by atoms with Gasteiger partial charge in [0.05, 0.1) is 6.10 Å². The molecule has 1 aliphatic rings. The van der Waals surface area contributed by atoms with Gasteiger partial charge in [-0.15, -0.1) is 0 Å². The van der Waals surface area contributed by atoms with Crippen LogP contribution in [0.1, 0.15) is 13.3 Å². The number of hydrogen-bond acceptors (Lipinski definition) is 3. The van der Waals surface area contributed by atoms with E-state index in [1.165, 1.54) is 6.92 Å². The molecule has 3 nitrogen and oxygen atoms in total. The standard InChI is InChI=1S/C8H15F2NO2/c1-2-6(9)8(10)4-11-3-5(12)7(8)13/h5-7,11-13H,2-4H2,1H3/t5-,6+,7+,8+/m1/s1. The summed E-state index contributed by atoms with van der Waals surface area (Å²) >= 11 is 0. The molecule has 0 bridgehead atoms. The molecule has 4 atom stereocenters. The topological polar surface area (TPSA) is 52.5 Å². The van der Waals surface area contributed by atoms with Crippen LogP contribution in [0, 0.1) is 0 Å². The molecule has 13 heavy (non-hydrogen) atoms. The molecule has 1 aliphatic heterocycles. The average Bonchev–Trinajstić information content (AvgIpc) is 2.13. The van der Waals surface area contributed by atoms with Crippen molar-refractivity contribution in [3.05, 3.63) is 0 Å². The van der Waals surface area contributed by atoms with Gasteiger partial charge in [-0.05, 0) is 6.42 Å². The molecule has 0 aromatic heterocycles. The number of nitrogens with one attached hydrogen (secondary N) is 1. The summed E-state index contributed by atoms with van der Waals surface area (Å²) in [6.07, 6.45) is -4.63. The zero-order chi connectivity index (χ0) is 10.1. The quantitative estimate of drug-likeness (QED) is 0.570. The summed E-state index contributed by atoms with van der Waals surface area (Å²) in [7, 11) is 0. The summed E-state index contributed by atoms with van der Waals surface area (Å²) in [5.41, 5.74) is -2.35. The highest BCUT2D eigenvalue weighted by Gasteiger charge is 2.50. The molecule has 5 heteroatoms. The number of β-amino-alcohol motifs (C(OH)–C–C–N with tert-alkyl or cyclic N) is 1. The summed E-state index contributed by atoms with van der Waals surface area (Å²) < 4.78 is 26.9. The number of aliphatic hydroxyl groups is 2. The van der Waals surface area contributed by atoms with Crippen LogP contribution in [0.25, 0.3) is 0 Å². The number of rotatable bonds is 2. The molecule has 0 saturated carbocycles. The Morgan fingerprint density at radius 3 is 2.77 bits per heavy atom.